The average molecular weight is 561 g/mol. The molecule has 2 aromatic rings. The molecule has 0 aliphatic heterocycles. The summed E-state index contributed by atoms with van der Waals surface area (Å²) in [5, 5.41) is 22.0. The SMILES string of the molecule is CN(C)Cc1ccc(C(=O)[C@H]2C[C@@H]2C(=O)O)cc1Cl.O=C(O)[C@H]1C[C@@H]1C(=O)c1ccc(NC2CC2)c(Cl)c1. The van der Waals surface area contributed by atoms with Crippen molar-refractivity contribution < 1.29 is 29.4 Å². The second-order valence-corrected chi connectivity index (χ2v) is 11.3. The van der Waals surface area contributed by atoms with E-state index in [0.717, 1.165) is 24.1 Å². The number of hydrogen-bond acceptors (Lipinski definition) is 6. The Hall–Kier alpha value is -2.94. The lowest BCUT2D eigenvalue weighted by Crippen LogP contribution is -2.12. The molecule has 202 valence electrons. The van der Waals surface area contributed by atoms with Crippen LogP contribution in [0.3, 0.4) is 0 Å². The van der Waals surface area contributed by atoms with E-state index in [2.05, 4.69) is 5.32 Å². The fourth-order valence-electron chi connectivity index (χ4n) is 4.35. The van der Waals surface area contributed by atoms with Crippen LogP contribution in [0.1, 0.15) is 52.0 Å². The van der Waals surface area contributed by atoms with E-state index in [9.17, 15) is 19.2 Å². The van der Waals surface area contributed by atoms with Gasteiger partial charge in [-0.1, -0.05) is 35.3 Å². The van der Waals surface area contributed by atoms with E-state index in [-0.39, 0.29) is 23.4 Å². The quantitative estimate of drug-likeness (QED) is 0.342. The Morgan fingerprint density at radius 3 is 1.71 bits per heavy atom. The van der Waals surface area contributed by atoms with Gasteiger partial charge in [-0.15, -0.1) is 0 Å². The van der Waals surface area contributed by atoms with Gasteiger partial charge in [0.15, 0.2) is 11.6 Å². The first-order valence-corrected chi connectivity index (χ1v) is 13.2. The van der Waals surface area contributed by atoms with Gasteiger partial charge in [0.25, 0.3) is 0 Å². The van der Waals surface area contributed by atoms with E-state index in [1.54, 1.807) is 30.3 Å². The highest BCUT2D eigenvalue weighted by atomic mass is 35.5. The molecule has 0 saturated heterocycles. The molecule has 3 aliphatic carbocycles. The summed E-state index contributed by atoms with van der Waals surface area (Å²) in [6.07, 6.45) is 3.18. The maximum Gasteiger partial charge on any atom is 0.307 e. The number of carboxylic acid groups (broad SMARTS) is 2. The fraction of sp³-hybridized carbons (Fsp3) is 0.429. The van der Waals surface area contributed by atoms with E-state index in [4.69, 9.17) is 33.4 Å². The standard InChI is InChI=1S/C14H14ClNO3.C14H16ClNO3/c15-11-5-7(1-4-12(11)16-8-2-3-8)13(17)9-6-10(9)14(18)19;1-16(2)7-9-4-3-8(5-12(9)15)13(17)10-6-11(10)14(18)19/h1,4-5,8-10,16H,2-3,6H2,(H,18,19);3-5,10-11H,6-7H2,1-2H3,(H,18,19)/t9-,10-;10-,11-/m00/s1. The van der Waals surface area contributed by atoms with Crippen molar-refractivity contribution in [1.82, 2.24) is 4.90 Å². The summed E-state index contributed by atoms with van der Waals surface area (Å²) >= 11 is 12.3. The maximum atomic E-state index is 12.1. The lowest BCUT2D eigenvalue weighted by Gasteiger charge is -2.12. The van der Waals surface area contributed by atoms with Crippen LogP contribution < -0.4 is 5.32 Å². The van der Waals surface area contributed by atoms with Crippen molar-refractivity contribution in [2.75, 3.05) is 19.4 Å². The predicted octanol–water partition coefficient (Wildman–Crippen LogP) is 5.12. The number of carbonyl (C=O) groups excluding carboxylic acids is 2. The molecule has 0 heterocycles. The topological polar surface area (TPSA) is 124 Å². The highest BCUT2D eigenvalue weighted by molar-refractivity contribution is 6.33. The van der Waals surface area contributed by atoms with Crippen LogP contribution >= 0.6 is 23.2 Å². The van der Waals surface area contributed by atoms with Crippen molar-refractivity contribution >= 4 is 52.4 Å². The van der Waals surface area contributed by atoms with Crippen molar-refractivity contribution in [3.05, 3.63) is 63.1 Å². The van der Waals surface area contributed by atoms with E-state index < -0.39 is 23.8 Å². The van der Waals surface area contributed by atoms with Gasteiger partial charge < -0.3 is 20.4 Å². The van der Waals surface area contributed by atoms with Gasteiger partial charge in [0.1, 0.15) is 0 Å². The van der Waals surface area contributed by atoms with Gasteiger partial charge in [-0.2, -0.15) is 0 Å². The summed E-state index contributed by atoms with van der Waals surface area (Å²) in [5.74, 6) is -3.82. The third kappa shape index (κ3) is 6.92. The highest BCUT2D eigenvalue weighted by Crippen LogP contribution is 2.42. The number of nitrogens with one attached hydrogen (secondary N) is 1. The predicted molar refractivity (Wildman–Crippen MR) is 144 cm³/mol. The number of nitrogens with zero attached hydrogens (tertiary/aromatic N) is 1. The molecule has 0 radical (unpaired) electrons. The van der Waals surface area contributed by atoms with Gasteiger partial charge in [-0.3, -0.25) is 19.2 Å². The normalized spacial score (nSPS) is 23.2. The molecule has 0 aromatic heterocycles. The largest absolute Gasteiger partial charge is 0.481 e. The number of Topliss-reactive ketones (excluding diaryl/α,β-unsaturated/α-hetero) is 2. The zero-order valence-corrected chi connectivity index (χ0v) is 22.6. The summed E-state index contributed by atoms with van der Waals surface area (Å²) in [6.45, 7) is 0.703. The number of ketones is 2. The molecule has 0 bridgehead atoms. The van der Waals surface area contributed by atoms with Crippen LogP contribution in [0.2, 0.25) is 10.0 Å². The molecule has 4 atom stereocenters. The first kappa shape index (κ1) is 28.1. The zero-order chi connectivity index (χ0) is 27.7. The molecular weight excluding hydrogens is 531 g/mol. The number of hydrogen-bond donors (Lipinski definition) is 3. The number of anilines is 1. The minimum absolute atomic E-state index is 0.118. The third-order valence-corrected chi connectivity index (χ3v) is 7.57. The minimum atomic E-state index is -0.895. The fourth-order valence-corrected chi connectivity index (χ4v) is 4.82. The number of halogens is 2. The molecule has 2 aromatic carbocycles. The molecule has 38 heavy (non-hydrogen) atoms. The monoisotopic (exact) mass is 560 g/mol. The van der Waals surface area contributed by atoms with Crippen molar-refractivity contribution in [2.24, 2.45) is 23.7 Å². The second kappa shape index (κ2) is 11.4. The molecule has 3 saturated carbocycles. The zero-order valence-electron chi connectivity index (χ0n) is 21.1. The van der Waals surface area contributed by atoms with Crippen LogP contribution in [-0.2, 0) is 16.1 Å². The number of aliphatic carboxylic acids is 2. The van der Waals surface area contributed by atoms with E-state index in [1.165, 1.54) is 0 Å². The lowest BCUT2D eigenvalue weighted by molar-refractivity contribution is -0.139. The molecule has 10 heteroatoms. The Labute approximate surface area is 230 Å². The highest BCUT2D eigenvalue weighted by Gasteiger charge is 2.49. The van der Waals surface area contributed by atoms with Crippen LogP contribution in [0.25, 0.3) is 0 Å². The van der Waals surface area contributed by atoms with Crippen LogP contribution in [-0.4, -0.2) is 58.8 Å². The molecule has 3 fully saturated rings. The summed E-state index contributed by atoms with van der Waals surface area (Å²) in [6, 6.07) is 10.8. The average Bonchev–Trinajstić information content (AvgIpc) is 3.72. The Balaban J connectivity index is 0.000000177. The van der Waals surface area contributed by atoms with Crippen LogP contribution in [0.15, 0.2) is 36.4 Å². The van der Waals surface area contributed by atoms with Crippen molar-refractivity contribution in [1.29, 1.82) is 0 Å². The molecule has 8 nitrogen and oxygen atoms in total. The maximum absolute atomic E-state index is 12.1. The molecule has 3 N–H and O–H groups in total. The Bertz CT molecular complexity index is 1190. The number of benzene rings is 2. The lowest BCUT2D eigenvalue weighted by atomic mass is 10.0. The molecule has 5 rings (SSSR count). The third-order valence-electron chi connectivity index (χ3n) is 6.90. The van der Waals surface area contributed by atoms with Gasteiger partial charge in [0.05, 0.1) is 22.5 Å². The van der Waals surface area contributed by atoms with Gasteiger partial charge in [0.2, 0.25) is 0 Å². The molecule has 0 spiro atoms. The molecule has 3 aliphatic rings. The summed E-state index contributed by atoms with van der Waals surface area (Å²) in [7, 11) is 3.88. The summed E-state index contributed by atoms with van der Waals surface area (Å²) in [4.78, 5) is 47.7. The molecular formula is C28H30Cl2N2O6. The van der Waals surface area contributed by atoms with E-state index in [1.807, 2.05) is 25.1 Å². The number of carboxylic acids is 2. The van der Waals surface area contributed by atoms with Crippen molar-refractivity contribution in [3.8, 4) is 0 Å². The van der Waals surface area contributed by atoms with Gasteiger partial charge in [0, 0.05) is 40.6 Å². The van der Waals surface area contributed by atoms with Crippen molar-refractivity contribution in [2.45, 2.75) is 38.3 Å². The Kier molecular flexibility index (Phi) is 8.45. The van der Waals surface area contributed by atoms with Gasteiger partial charge in [-0.05, 0) is 69.6 Å². The van der Waals surface area contributed by atoms with E-state index >= 15 is 0 Å². The number of rotatable bonds is 10. The van der Waals surface area contributed by atoms with Crippen molar-refractivity contribution in [3.63, 3.8) is 0 Å². The van der Waals surface area contributed by atoms with Crippen LogP contribution in [0, 0.1) is 23.7 Å². The number of carbonyl (C=O) groups is 4. The first-order valence-electron chi connectivity index (χ1n) is 12.5. The Morgan fingerprint density at radius 1 is 0.816 bits per heavy atom. The van der Waals surface area contributed by atoms with Gasteiger partial charge in [-0.25, -0.2) is 0 Å². The van der Waals surface area contributed by atoms with Gasteiger partial charge >= 0.3 is 11.9 Å². The van der Waals surface area contributed by atoms with Crippen LogP contribution in [0.4, 0.5) is 5.69 Å². The smallest absolute Gasteiger partial charge is 0.307 e. The summed E-state index contributed by atoms with van der Waals surface area (Å²) < 4.78 is 0. The first-order chi connectivity index (χ1) is 18.0. The molecule has 0 unspecified atom stereocenters. The van der Waals surface area contributed by atoms with Crippen LogP contribution in [0.5, 0.6) is 0 Å². The molecule has 0 amide bonds. The summed E-state index contributed by atoms with van der Waals surface area (Å²) in [5.41, 5.74) is 2.79. The minimum Gasteiger partial charge on any atom is -0.481 e. The van der Waals surface area contributed by atoms with E-state index in [0.29, 0.717) is 46.6 Å². The Morgan fingerprint density at radius 2 is 1.32 bits per heavy atom. The second-order valence-electron chi connectivity index (χ2n) is 10.5.